The normalized spacial score (nSPS) is 13.5. The number of nitrogens with one attached hydrogen (secondary N) is 1. The van der Waals surface area contributed by atoms with Gasteiger partial charge in [0.1, 0.15) is 11.9 Å². The summed E-state index contributed by atoms with van der Waals surface area (Å²) in [7, 11) is 0. The van der Waals surface area contributed by atoms with Crippen LogP contribution in [-0.4, -0.2) is 18.2 Å². The number of hydrogen-bond donors (Lipinski definition) is 1. The summed E-state index contributed by atoms with van der Waals surface area (Å²) in [6.07, 6.45) is -0.112. The molecule has 1 atom stereocenters. The predicted octanol–water partition coefficient (Wildman–Crippen LogP) is 3.12. The van der Waals surface area contributed by atoms with Crippen molar-refractivity contribution in [2.24, 2.45) is 0 Å². The highest BCUT2D eigenvalue weighted by atomic mass is 19.2. The minimum atomic E-state index is -0.890. The lowest BCUT2D eigenvalue weighted by Crippen LogP contribution is -2.41. The molecule has 1 N–H and O–H groups in total. The van der Waals surface area contributed by atoms with Gasteiger partial charge in [0.05, 0.1) is 0 Å². The molecule has 2 nitrogen and oxygen atoms in total. The van der Waals surface area contributed by atoms with E-state index in [1.165, 1.54) is 6.07 Å². The van der Waals surface area contributed by atoms with E-state index >= 15 is 0 Å². The first-order valence-corrected chi connectivity index (χ1v) is 5.64. The fraction of sp³-hybridized carbons (Fsp3) is 0.538. The summed E-state index contributed by atoms with van der Waals surface area (Å²) in [6, 6.07) is 3.55. The highest BCUT2D eigenvalue weighted by Gasteiger charge is 2.12. The molecule has 0 bridgehead atoms. The number of halogens is 2. The highest BCUT2D eigenvalue weighted by molar-refractivity contribution is 5.23. The van der Waals surface area contributed by atoms with Gasteiger partial charge in [-0.1, -0.05) is 0 Å². The molecule has 0 amide bonds. The number of benzene rings is 1. The molecule has 0 aliphatic rings. The zero-order chi connectivity index (χ0) is 13.1. The Balaban J connectivity index is 2.50. The Bertz CT molecular complexity index is 374. The second-order valence-electron chi connectivity index (χ2n) is 5.14. The summed E-state index contributed by atoms with van der Waals surface area (Å²) in [4.78, 5) is 0. The lowest BCUT2D eigenvalue weighted by molar-refractivity contribution is 0.202. The average Bonchev–Trinajstić information content (AvgIpc) is 2.20. The predicted molar refractivity (Wildman–Crippen MR) is 64.2 cm³/mol. The minimum Gasteiger partial charge on any atom is -0.489 e. The van der Waals surface area contributed by atoms with Crippen LogP contribution >= 0.6 is 0 Å². The molecule has 1 rings (SSSR count). The summed E-state index contributed by atoms with van der Waals surface area (Å²) in [5, 5.41) is 3.28. The van der Waals surface area contributed by atoms with Gasteiger partial charge < -0.3 is 10.1 Å². The van der Waals surface area contributed by atoms with Crippen LogP contribution in [0, 0.1) is 11.6 Å². The molecule has 0 fully saturated rings. The van der Waals surface area contributed by atoms with Gasteiger partial charge in [0.25, 0.3) is 0 Å². The van der Waals surface area contributed by atoms with Crippen molar-refractivity contribution in [3.05, 3.63) is 29.8 Å². The van der Waals surface area contributed by atoms with Gasteiger partial charge in [-0.15, -0.1) is 0 Å². The van der Waals surface area contributed by atoms with Crippen LogP contribution in [0.2, 0.25) is 0 Å². The van der Waals surface area contributed by atoms with E-state index in [4.69, 9.17) is 4.74 Å². The van der Waals surface area contributed by atoms with E-state index < -0.39 is 11.6 Å². The maximum absolute atomic E-state index is 12.9. The molecule has 0 aromatic heterocycles. The van der Waals surface area contributed by atoms with Gasteiger partial charge in [0.2, 0.25) is 0 Å². The summed E-state index contributed by atoms with van der Waals surface area (Å²) >= 11 is 0. The molecule has 1 unspecified atom stereocenters. The van der Waals surface area contributed by atoms with Crippen LogP contribution in [0.4, 0.5) is 8.78 Å². The molecule has 0 saturated heterocycles. The third-order valence-electron chi connectivity index (χ3n) is 2.15. The molecule has 0 aliphatic carbocycles. The summed E-state index contributed by atoms with van der Waals surface area (Å²) in [5.74, 6) is -1.41. The van der Waals surface area contributed by atoms with Crippen molar-refractivity contribution in [1.82, 2.24) is 5.32 Å². The summed E-state index contributed by atoms with van der Waals surface area (Å²) in [6.45, 7) is 8.67. The third-order valence-corrected chi connectivity index (χ3v) is 2.15. The lowest BCUT2D eigenvalue weighted by Gasteiger charge is -2.24. The van der Waals surface area contributed by atoms with Crippen molar-refractivity contribution in [3.8, 4) is 5.75 Å². The van der Waals surface area contributed by atoms with Gasteiger partial charge in [-0.2, -0.15) is 0 Å². The van der Waals surface area contributed by atoms with Crippen molar-refractivity contribution < 1.29 is 13.5 Å². The monoisotopic (exact) mass is 243 g/mol. The zero-order valence-corrected chi connectivity index (χ0v) is 10.7. The van der Waals surface area contributed by atoms with Crippen molar-refractivity contribution in [2.45, 2.75) is 39.3 Å². The van der Waals surface area contributed by atoms with Crippen molar-refractivity contribution in [1.29, 1.82) is 0 Å². The Morgan fingerprint density at radius 2 is 1.88 bits per heavy atom. The maximum Gasteiger partial charge on any atom is 0.162 e. The molecular formula is C13H19F2NO. The van der Waals surface area contributed by atoms with Crippen LogP contribution < -0.4 is 10.1 Å². The fourth-order valence-electron chi connectivity index (χ4n) is 1.27. The second kappa shape index (κ2) is 5.45. The molecule has 0 radical (unpaired) electrons. The third kappa shape index (κ3) is 5.13. The number of hydrogen-bond acceptors (Lipinski definition) is 2. The van der Waals surface area contributed by atoms with E-state index in [1.54, 1.807) is 0 Å². The van der Waals surface area contributed by atoms with E-state index in [9.17, 15) is 8.78 Å². The lowest BCUT2D eigenvalue weighted by atomic mass is 10.1. The highest BCUT2D eigenvalue weighted by Crippen LogP contribution is 2.16. The van der Waals surface area contributed by atoms with E-state index in [2.05, 4.69) is 26.1 Å². The van der Waals surface area contributed by atoms with E-state index in [0.717, 1.165) is 12.1 Å². The van der Waals surface area contributed by atoms with Crippen molar-refractivity contribution in [2.75, 3.05) is 6.54 Å². The fourth-order valence-corrected chi connectivity index (χ4v) is 1.27. The Morgan fingerprint density at radius 3 is 2.41 bits per heavy atom. The smallest absolute Gasteiger partial charge is 0.162 e. The molecule has 0 aliphatic heterocycles. The molecule has 0 heterocycles. The van der Waals surface area contributed by atoms with E-state index in [-0.39, 0.29) is 11.6 Å². The van der Waals surface area contributed by atoms with Gasteiger partial charge >= 0.3 is 0 Å². The van der Waals surface area contributed by atoms with Gasteiger partial charge in [-0.3, -0.25) is 0 Å². The molecular weight excluding hydrogens is 224 g/mol. The molecule has 1 aromatic carbocycles. The van der Waals surface area contributed by atoms with E-state index in [1.807, 2.05) is 6.92 Å². The molecule has 17 heavy (non-hydrogen) atoms. The standard InChI is InChI=1S/C13H19F2NO/c1-9(8-16-13(2,3)4)17-10-5-6-11(14)12(15)7-10/h5-7,9,16H,8H2,1-4H3. The maximum atomic E-state index is 12.9. The Morgan fingerprint density at radius 1 is 1.24 bits per heavy atom. The Kier molecular flexibility index (Phi) is 4.46. The van der Waals surface area contributed by atoms with Crippen LogP contribution in [0.3, 0.4) is 0 Å². The Labute approximate surface area is 101 Å². The van der Waals surface area contributed by atoms with Gasteiger partial charge in [0.15, 0.2) is 11.6 Å². The van der Waals surface area contributed by atoms with Crippen LogP contribution in [0.5, 0.6) is 5.75 Å². The molecule has 1 aromatic rings. The second-order valence-corrected chi connectivity index (χ2v) is 5.14. The van der Waals surface area contributed by atoms with Crippen LogP contribution in [0.15, 0.2) is 18.2 Å². The summed E-state index contributed by atoms with van der Waals surface area (Å²) in [5.41, 5.74) is 0.00562. The van der Waals surface area contributed by atoms with Crippen LogP contribution in [-0.2, 0) is 0 Å². The molecule has 4 heteroatoms. The first-order valence-electron chi connectivity index (χ1n) is 5.64. The van der Waals surface area contributed by atoms with E-state index in [0.29, 0.717) is 12.3 Å². The van der Waals surface area contributed by atoms with Crippen LogP contribution in [0.1, 0.15) is 27.7 Å². The minimum absolute atomic E-state index is 0.00562. The first kappa shape index (κ1) is 13.9. The average molecular weight is 243 g/mol. The van der Waals surface area contributed by atoms with Gasteiger partial charge in [-0.25, -0.2) is 8.78 Å². The van der Waals surface area contributed by atoms with Gasteiger partial charge in [0, 0.05) is 18.2 Å². The first-order chi connectivity index (χ1) is 7.78. The molecule has 0 saturated carbocycles. The topological polar surface area (TPSA) is 21.3 Å². The SMILES string of the molecule is CC(CNC(C)(C)C)Oc1ccc(F)c(F)c1. The Hall–Kier alpha value is -1.16. The number of rotatable bonds is 4. The quantitative estimate of drug-likeness (QED) is 0.877. The van der Waals surface area contributed by atoms with Gasteiger partial charge in [-0.05, 0) is 39.8 Å². The van der Waals surface area contributed by atoms with Crippen molar-refractivity contribution >= 4 is 0 Å². The molecule has 0 spiro atoms. The van der Waals surface area contributed by atoms with Crippen LogP contribution in [0.25, 0.3) is 0 Å². The number of ether oxygens (including phenoxy) is 1. The van der Waals surface area contributed by atoms with Crippen molar-refractivity contribution in [3.63, 3.8) is 0 Å². The molecule has 96 valence electrons. The summed E-state index contributed by atoms with van der Waals surface area (Å²) < 4.78 is 31.1. The largest absolute Gasteiger partial charge is 0.489 e. The zero-order valence-electron chi connectivity index (χ0n) is 10.7.